The molecule has 1 fully saturated rings. The zero-order chi connectivity index (χ0) is 17.9. The first-order valence-electron chi connectivity index (χ1n) is 8.79. The molecule has 0 aliphatic heterocycles. The van der Waals surface area contributed by atoms with Gasteiger partial charge >= 0.3 is 6.03 Å². The average molecular weight is 338 g/mol. The number of urea groups is 1. The van der Waals surface area contributed by atoms with Gasteiger partial charge in [0.05, 0.1) is 12.6 Å². The van der Waals surface area contributed by atoms with Gasteiger partial charge in [0.25, 0.3) is 0 Å². The Bertz CT molecular complexity index is 708. The first-order valence-corrected chi connectivity index (χ1v) is 8.79. The van der Waals surface area contributed by atoms with E-state index in [0.29, 0.717) is 0 Å². The molecular weight excluding hydrogens is 312 g/mol. The monoisotopic (exact) mass is 338 g/mol. The molecule has 2 N–H and O–H groups in total. The summed E-state index contributed by atoms with van der Waals surface area (Å²) >= 11 is 0. The van der Waals surface area contributed by atoms with E-state index in [-0.39, 0.29) is 18.1 Å². The number of aryl methyl sites for hydroxylation is 1. The van der Waals surface area contributed by atoms with Crippen molar-refractivity contribution in [3.8, 4) is 0 Å². The Morgan fingerprint density at radius 1 is 1.16 bits per heavy atom. The van der Waals surface area contributed by atoms with Crippen LogP contribution in [0.5, 0.6) is 0 Å². The molecule has 0 unspecified atom stereocenters. The van der Waals surface area contributed by atoms with Crippen molar-refractivity contribution >= 4 is 6.03 Å². The standard InChI is InChI=1S/C21H26N2O2/c1-16-8-10-17(11-9-16)14-21(12-13-21)22-20(25)23(2)15-19(24)18-6-4-3-5-7-18/h3-11,19,24H,12-15H2,1-2H3,(H,22,25)/t19-/m0/s1. The van der Waals surface area contributed by atoms with Gasteiger partial charge in [-0.2, -0.15) is 0 Å². The highest BCUT2D eigenvalue weighted by molar-refractivity contribution is 5.75. The van der Waals surface area contributed by atoms with Crippen LogP contribution in [-0.4, -0.2) is 35.2 Å². The van der Waals surface area contributed by atoms with Gasteiger partial charge in [0.2, 0.25) is 0 Å². The molecule has 4 heteroatoms. The summed E-state index contributed by atoms with van der Waals surface area (Å²) in [5.41, 5.74) is 3.18. The second-order valence-corrected chi connectivity index (χ2v) is 7.18. The fourth-order valence-corrected chi connectivity index (χ4v) is 3.04. The lowest BCUT2D eigenvalue weighted by atomic mass is 10.0. The van der Waals surface area contributed by atoms with Gasteiger partial charge in [-0.05, 0) is 37.3 Å². The minimum atomic E-state index is -0.677. The molecular formula is C21H26N2O2. The first kappa shape index (κ1) is 17.5. The number of aliphatic hydroxyl groups excluding tert-OH is 1. The minimum absolute atomic E-state index is 0.125. The maximum Gasteiger partial charge on any atom is 0.317 e. The van der Waals surface area contributed by atoms with Gasteiger partial charge in [-0.3, -0.25) is 0 Å². The SMILES string of the molecule is Cc1ccc(CC2(NC(=O)N(C)C[C@H](O)c3ccccc3)CC2)cc1. The average Bonchev–Trinajstić information content (AvgIpc) is 3.36. The van der Waals surface area contributed by atoms with Gasteiger partial charge in [-0.1, -0.05) is 60.2 Å². The maximum atomic E-state index is 12.5. The molecule has 1 saturated carbocycles. The van der Waals surface area contributed by atoms with Crippen LogP contribution < -0.4 is 5.32 Å². The summed E-state index contributed by atoms with van der Waals surface area (Å²) in [4.78, 5) is 14.1. The van der Waals surface area contributed by atoms with Crippen molar-refractivity contribution in [2.45, 2.75) is 37.8 Å². The minimum Gasteiger partial charge on any atom is -0.387 e. The molecule has 2 amide bonds. The van der Waals surface area contributed by atoms with Gasteiger partial charge in [-0.15, -0.1) is 0 Å². The molecule has 1 atom stereocenters. The molecule has 0 bridgehead atoms. The molecule has 25 heavy (non-hydrogen) atoms. The number of hydrogen-bond donors (Lipinski definition) is 2. The number of likely N-dealkylation sites (N-methyl/N-ethyl adjacent to an activating group) is 1. The maximum absolute atomic E-state index is 12.5. The van der Waals surface area contributed by atoms with E-state index in [2.05, 4.69) is 36.5 Å². The summed E-state index contributed by atoms with van der Waals surface area (Å²) in [6.45, 7) is 2.35. The normalized spacial score (nSPS) is 16.1. The molecule has 1 aliphatic rings. The zero-order valence-corrected chi connectivity index (χ0v) is 14.9. The highest BCUT2D eigenvalue weighted by Gasteiger charge is 2.44. The van der Waals surface area contributed by atoms with Gasteiger partial charge in [-0.25, -0.2) is 4.79 Å². The van der Waals surface area contributed by atoms with Crippen molar-refractivity contribution in [1.29, 1.82) is 0 Å². The molecule has 132 valence electrons. The summed E-state index contributed by atoms with van der Waals surface area (Å²) in [7, 11) is 1.73. The summed E-state index contributed by atoms with van der Waals surface area (Å²) in [6, 6.07) is 17.8. The van der Waals surface area contributed by atoms with E-state index >= 15 is 0 Å². The number of hydrogen-bond acceptors (Lipinski definition) is 2. The largest absolute Gasteiger partial charge is 0.387 e. The van der Waals surface area contributed by atoms with Crippen molar-refractivity contribution in [3.63, 3.8) is 0 Å². The molecule has 0 radical (unpaired) electrons. The van der Waals surface area contributed by atoms with E-state index in [4.69, 9.17) is 0 Å². The fraction of sp³-hybridized carbons (Fsp3) is 0.381. The van der Waals surface area contributed by atoms with E-state index in [1.54, 1.807) is 11.9 Å². The second-order valence-electron chi connectivity index (χ2n) is 7.18. The second kappa shape index (κ2) is 7.28. The number of aliphatic hydroxyl groups is 1. The highest BCUT2D eigenvalue weighted by Crippen LogP contribution is 2.38. The van der Waals surface area contributed by atoms with Crippen LogP contribution in [-0.2, 0) is 6.42 Å². The predicted molar refractivity (Wildman–Crippen MR) is 99.4 cm³/mol. The number of amides is 2. The third-order valence-corrected chi connectivity index (χ3v) is 4.87. The zero-order valence-electron chi connectivity index (χ0n) is 14.9. The van der Waals surface area contributed by atoms with Gasteiger partial charge in [0.15, 0.2) is 0 Å². The quantitative estimate of drug-likeness (QED) is 0.848. The Labute approximate surface area is 149 Å². The van der Waals surface area contributed by atoms with E-state index in [1.807, 2.05) is 30.3 Å². The number of rotatable bonds is 6. The van der Waals surface area contributed by atoms with E-state index < -0.39 is 6.10 Å². The first-order chi connectivity index (χ1) is 12.0. The number of carbonyl (C=O) groups excluding carboxylic acids is 1. The van der Waals surface area contributed by atoms with Crippen LogP contribution in [0.3, 0.4) is 0 Å². The van der Waals surface area contributed by atoms with Crippen LogP contribution in [0.1, 0.15) is 35.6 Å². The summed E-state index contributed by atoms with van der Waals surface area (Å²) in [5, 5.41) is 13.5. The number of nitrogens with one attached hydrogen (secondary N) is 1. The number of nitrogens with zero attached hydrogens (tertiary/aromatic N) is 1. The van der Waals surface area contributed by atoms with Gasteiger partial charge in [0.1, 0.15) is 0 Å². The van der Waals surface area contributed by atoms with Crippen molar-refractivity contribution in [2.24, 2.45) is 0 Å². The molecule has 1 aliphatic carbocycles. The summed E-state index contributed by atoms with van der Waals surface area (Å²) < 4.78 is 0. The highest BCUT2D eigenvalue weighted by atomic mass is 16.3. The Morgan fingerprint density at radius 3 is 2.40 bits per heavy atom. The Morgan fingerprint density at radius 2 is 1.80 bits per heavy atom. The predicted octanol–water partition coefficient (Wildman–Crippen LogP) is 3.45. The van der Waals surface area contributed by atoms with Crippen molar-refractivity contribution in [2.75, 3.05) is 13.6 Å². The third kappa shape index (κ3) is 4.60. The van der Waals surface area contributed by atoms with E-state index in [0.717, 1.165) is 24.8 Å². The molecule has 3 rings (SSSR count). The number of carbonyl (C=O) groups is 1. The van der Waals surface area contributed by atoms with Crippen LogP contribution in [0.15, 0.2) is 54.6 Å². The van der Waals surface area contributed by atoms with Gasteiger partial charge in [0, 0.05) is 12.6 Å². The van der Waals surface area contributed by atoms with Crippen LogP contribution in [0.25, 0.3) is 0 Å². The lowest BCUT2D eigenvalue weighted by Gasteiger charge is -2.25. The fourth-order valence-electron chi connectivity index (χ4n) is 3.04. The van der Waals surface area contributed by atoms with Gasteiger partial charge < -0.3 is 15.3 Å². The Hall–Kier alpha value is -2.33. The molecule has 4 nitrogen and oxygen atoms in total. The molecule has 0 heterocycles. The summed E-state index contributed by atoms with van der Waals surface area (Å²) in [5.74, 6) is 0. The van der Waals surface area contributed by atoms with Crippen LogP contribution in [0.2, 0.25) is 0 Å². The molecule has 2 aromatic carbocycles. The van der Waals surface area contributed by atoms with E-state index in [1.165, 1.54) is 11.1 Å². The number of benzene rings is 2. The summed E-state index contributed by atoms with van der Waals surface area (Å²) in [6.07, 6.45) is 2.18. The Kier molecular flexibility index (Phi) is 5.09. The smallest absolute Gasteiger partial charge is 0.317 e. The molecule has 0 saturated heterocycles. The Balaban J connectivity index is 1.55. The molecule has 0 aromatic heterocycles. The third-order valence-electron chi connectivity index (χ3n) is 4.87. The lowest BCUT2D eigenvalue weighted by molar-refractivity contribution is 0.130. The van der Waals surface area contributed by atoms with Crippen LogP contribution >= 0.6 is 0 Å². The van der Waals surface area contributed by atoms with Crippen LogP contribution in [0, 0.1) is 6.92 Å². The van der Waals surface area contributed by atoms with Crippen molar-refractivity contribution in [1.82, 2.24) is 10.2 Å². The molecule has 2 aromatic rings. The van der Waals surface area contributed by atoms with E-state index in [9.17, 15) is 9.90 Å². The van der Waals surface area contributed by atoms with Crippen LogP contribution in [0.4, 0.5) is 4.79 Å². The van der Waals surface area contributed by atoms with Crippen molar-refractivity contribution in [3.05, 3.63) is 71.3 Å². The molecule has 0 spiro atoms. The lowest BCUT2D eigenvalue weighted by Crippen LogP contribution is -2.46. The topological polar surface area (TPSA) is 52.6 Å². The van der Waals surface area contributed by atoms with Crippen molar-refractivity contribution < 1.29 is 9.90 Å².